The molecule has 0 aromatic rings. The molecule has 4 saturated heterocycles. The van der Waals surface area contributed by atoms with Crippen molar-refractivity contribution in [2.45, 2.75) is 34.7 Å². The third-order valence-electron chi connectivity index (χ3n) is 4.22. The van der Waals surface area contributed by atoms with Crippen molar-refractivity contribution in [1.82, 2.24) is 0 Å². The maximum Gasteiger partial charge on any atom is 0.508 e. The molecule has 1 saturated carbocycles. The molecule has 4 bridgehead atoms. The molecule has 4 heterocycles. The lowest BCUT2D eigenvalue weighted by Gasteiger charge is -2.60. The number of rotatable bonds is 0. The molecule has 17 heteroatoms. The molecule has 4 aliphatic heterocycles. The van der Waals surface area contributed by atoms with Crippen LogP contribution in [0, 0.1) is 0 Å². The van der Waals surface area contributed by atoms with Gasteiger partial charge >= 0.3 is 27.2 Å². The number of phosphoric ester groups is 2. The minimum atomic E-state index is -5.02. The van der Waals surface area contributed by atoms with E-state index in [1.807, 2.05) is 0 Å². The molecular formula is C6H6O15P2. The molecule has 0 amide bonds. The van der Waals surface area contributed by atoms with E-state index < -0.39 is 50.4 Å². The monoisotopic (exact) mass is 380 g/mol. The van der Waals surface area contributed by atoms with Gasteiger partial charge in [-0.2, -0.15) is 4.89 Å². The van der Waals surface area contributed by atoms with Gasteiger partial charge in [0, 0.05) is 0 Å². The highest BCUT2D eigenvalue weighted by Gasteiger charge is 3.07. The van der Waals surface area contributed by atoms with Crippen LogP contribution < -0.4 is 0 Å². The summed E-state index contributed by atoms with van der Waals surface area (Å²) in [4.78, 5) is 4.28. The van der Waals surface area contributed by atoms with Crippen LogP contribution in [-0.2, 0) is 41.3 Å². The Morgan fingerprint density at radius 2 is 1.09 bits per heavy atom. The SMILES string of the molecule is O=P12OO[C@@]3(O1)C(O)(O)[C@@]1(O)OP4(=O)O[C@](O)([C@@]3(O)O2)[C@@]1(O)O4. The van der Waals surface area contributed by atoms with Crippen molar-refractivity contribution in [3.05, 3.63) is 0 Å². The summed E-state index contributed by atoms with van der Waals surface area (Å²) >= 11 is 0. The fraction of sp³-hybridized carbons (Fsp3) is 1.00. The minimum absolute atomic E-state index is 3.57. The fourth-order valence-electron chi connectivity index (χ4n) is 3.14. The first-order valence-corrected chi connectivity index (χ1v) is 8.61. The Kier molecular flexibility index (Phi) is 2.11. The van der Waals surface area contributed by atoms with Crippen LogP contribution in [0.2, 0.25) is 0 Å². The predicted molar refractivity (Wildman–Crippen MR) is 52.5 cm³/mol. The zero-order chi connectivity index (χ0) is 16.9. The van der Waals surface area contributed by atoms with E-state index in [1.165, 1.54) is 0 Å². The molecule has 15 nitrogen and oxygen atoms in total. The topological polar surface area (TPSA) is 220 Å². The molecule has 1 spiro atoms. The highest BCUT2D eigenvalue weighted by Crippen LogP contribution is 2.86. The first kappa shape index (κ1) is 15.2. The van der Waals surface area contributed by atoms with Crippen LogP contribution in [0.1, 0.15) is 0 Å². The van der Waals surface area contributed by atoms with E-state index in [1.54, 1.807) is 0 Å². The summed E-state index contributed by atoms with van der Waals surface area (Å²) in [5.74, 6) is -22.8. The molecule has 7 atom stereocenters. The van der Waals surface area contributed by atoms with Gasteiger partial charge in [-0.1, -0.05) is 0 Å². The molecule has 5 aliphatic rings. The summed E-state index contributed by atoms with van der Waals surface area (Å²) < 4.78 is 50.0. The van der Waals surface area contributed by atoms with E-state index in [2.05, 4.69) is 32.2 Å². The fourth-order valence-corrected chi connectivity index (χ4v) is 6.42. The highest BCUT2D eigenvalue weighted by molar-refractivity contribution is 7.49. The Morgan fingerprint density at radius 1 is 0.609 bits per heavy atom. The third kappa shape index (κ3) is 1.05. The molecule has 130 valence electrons. The van der Waals surface area contributed by atoms with E-state index in [9.17, 15) is 39.8 Å². The van der Waals surface area contributed by atoms with Gasteiger partial charge in [-0.3, -0.25) is 0 Å². The molecule has 23 heavy (non-hydrogen) atoms. The molecule has 6 N–H and O–H groups in total. The normalized spacial score (nSPS) is 70.9. The van der Waals surface area contributed by atoms with E-state index >= 15 is 0 Å². The van der Waals surface area contributed by atoms with Crippen molar-refractivity contribution in [3.8, 4) is 0 Å². The lowest BCUT2D eigenvalue weighted by molar-refractivity contribution is -0.620. The average Bonchev–Trinajstić information content (AvgIpc) is 2.98. The van der Waals surface area contributed by atoms with Gasteiger partial charge in [0.05, 0.1) is 0 Å². The minimum Gasteiger partial charge on any atom is -0.357 e. The molecule has 5 fully saturated rings. The molecule has 0 aromatic carbocycles. The smallest absolute Gasteiger partial charge is 0.357 e. The van der Waals surface area contributed by atoms with Gasteiger partial charge in [-0.05, 0) is 0 Å². The van der Waals surface area contributed by atoms with E-state index in [4.69, 9.17) is 0 Å². The maximum absolute atomic E-state index is 12.0. The van der Waals surface area contributed by atoms with Gasteiger partial charge in [0.1, 0.15) is 0 Å². The van der Waals surface area contributed by atoms with Gasteiger partial charge < -0.3 is 30.6 Å². The number of aliphatic hydroxyl groups is 6. The Balaban J connectivity index is 1.90. The Labute approximate surface area is 123 Å². The Hall–Kier alpha value is -0.0600. The number of hydrogen-bond acceptors (Lipinski definition) is 15. The Bertz CT molecular complexity index is 765. The number of phosphoric acid groups is 2. The van der Waals surface area contributed by atoms with Gasteiger partial charge in [-0.15, -0.1) is 4.67 Å². The van der Waals surface area contributed by atoms with E-state index in [-0.39, 0.29) is 0 Å². The summed E-state index contributed by atoms with van der Waals surface area (Å²) in [5, 5.41) is 62.0. The number of fused-ring (bicyclic) bond motifs is 3. The molecular weight excluding hydrogens is 374 g/mol. The lowest BCUT2D eigenvalue weighted by atomic mass is 9.69. The first-order chi connectivity index (χ1) is 10.2. The first-order valence-electron chi connectivity index (χ1n) is 5.69. The zero-order valence-electron chi connectivity index (χ0n) is 10.3. The van der Waals surface area contributed by atoms with Crippen LogP contribution >= 0.6 is 15.6 Å². The van der Waals surface area contributed by atoms with Gasteiger partial charge in [0.15, 0.2) is 0 Å². The van der Waals surface area contributed by atoms with Crippen LogP contribution in [0.3, 0.4) is 0 Å². The van der Waals surface area contributed by atoms with Crippen molar-refractivity contribution < 1.29 is 72.0 Å². The van der Waals surface area contributed by atoms with Gasteiger partial charge in [0.2, 0.25) is 0 Å². The van der Waals surface area contributed by atoms with Crippen LogP contribution in [0.5, 0.6) is 0 Å². The molecule has 2 unspecified atom stereocenters. The zero-order valence-corrected chi connectivity index (χ0v) is 12.0. The maximum atomic E-state index is 12.0. The highest BCUT2D eigenvalue weighted by atomic mass is 31.2. The van der Waals surface area contributed by atoms with E-state index in [0.717, 1.165) is 0 Å². The molecule has 0 aromatic heterocycles. The van der Waals surface area contributed by atoms with Gasteiger partial charge in [0.25, 0.3) is 23.1 Å². The Morgan fingerprint density at radius 3 is 1.61 bits per heavy atom. The molecule has 1 aliphatic carbocycles. The van der Waals surface area contributed by atoms with Crippen molar-refractivity contribution in [2.75, 3.05) is 0 Å². The summed E-state index contributed by atoms with van der Waals surface area (Å²) in [7, 11) is -9.90. The van der Waals surface area contributed by atoms with Crippen LogP contribution in [0.15, 0.2) is 0 Å². The number of hydrogen-bond donors (Lipinski definition) is 6. The van der Waals surface area contributed by atoms with Crippen molar-refractivity contribution >= 4 is 15.6 Å². The predicted octanol–water partition coefficient (Wildman–Crippen LogP) is -3.57. The van der Waals surface area contributed by atoms with Gasteiger partial charge in [-0.25, -0.2) is 31.7 Å². The summed E-state index contributed by atoms with van der Waals surface area (Å²) in [6, 6.07) is 0. The summed E-state index contributed by atoms with van der Waals surface area (Å²) in [6.07, 6.45) is 0. The van der Waals surface area contributed by atoms with Crippen molar-refractivity contribution in [3.63, 3.8) is 0 Å². The van der Waals surface area contributed by atoms with Crippen molar-refractivity contribution in [2.24, 2.45) is 0 Å². The average molecular weight is 380 g/mol. The summed E-state index contributed by atoms with van der Waals surface area (Å²) in [6.45, 7) is 0. The standard InChI is InChI=1S/C6H6O15P2/c7-1(8)2(9)3(10)4(11,18-22(13,16-2)17-3)5(12)6(1)15-21-23(14,19-5)20-6/h7-12H/t2-,3+,4+,5-,6-,22?,23?/m1/s1. The molecule has 5 rings (SSSR count). The lowest BCUT2D eigenvalue weighted by Crippen LogP contribution is -2.94. The van der Waals surface area contributed by atoms with Crippen LogP contribution in [-0.4, -0.2) is 65.4 Å². The quantitative estimate of drug-likeness (QED) is 0.136. The second-order valence-electron chi connectivity index (χ2n) is 5.37. The van der Waals surface area contributed by atoms with Crippen molar-refractivity contribution in [1.29, 1.82) is 0 Å². The molecule has 0 radical (unpaired) electrons. The second-order valence-corrected chi connectivity index (χ2v) is 8.22. The largest absolute Gasteiger partial charge is 0.508 e. The van der Waals surface area contributed by atoms with E-state index in [0.29, 0.717) is 0 Å². The summed E-state index contributed by atoms with van der Waals surface area (Å²) in [5.41, 5.74) is 0. The van der Waals surface area contributed by atoms with Crippen LogP contribution in [0.4, 0.5) is 0 Å². The second kappa shape index (κ2) is 3.19. The van der Waals surface area contributed by atoms with Crippen LogP contribution in [0.25, 0.3) is 0 Å². The third-order valence-corrected chi connectivity index (χ3v) is 6.91.